The minimum atomic E-state index is -0.275. The lowest BCUT2D eigenvalue weighted by Crippen LogP contribution is -2.11. The molecule has 0 spiro atoms. The van der Waals surface area contributed by atoms with E-state index in [1.54, 1.807) is 10.7 Å². The number of hydrogen-bond donors (Lipinski definition) is 1. The Morgan fingerprint density at radius 2 is 2.00 bits per heavy atom. The van der Waals surface area contributed by atoms with E-state index in [0.29, 0.717) is 0 Å². The van der Waals surface area contributed by atoms with Crippen molar-refractivity contribution >= 4 is 0 Å². The lowest BCUT2D eigenvalue weighted by molar-refractivity contribution is 0.620. The van der Waals surface area contributed by atoms with Crippen LogP contribution in [0, 0.1) is 19.7 Å². The van der Waals surface area contributed by atoms with Gasteiger partial charge < -0.3 is 5.73 Å². The van der Waals surface area contributed by atoms with E-state index in [1.807, 2.05) is 26.8 Å². The Labute approximate surface area is 100 Å². The molecular formula is C13H16FN3. The van der Waals surface area contributed by atoms with Gasteiger partial charge in [0.05, 0.1) is 11.4 Å². The molecule has 90 valence electrons. The molecule has 0 aliphatic rings. The second kappa shape index (κ2) is 4.30. The Morgan fingerprint density at radius 1 is 1.29 bits per heavy atom. The zero-order valence-corrected chi connectivity index (χ0v) is 10.2. The molecule has 0 saturated heterocycles. The van der Waals surface area contributed by atoms with E-state index in [4.69, 9.17) is 5.73 Å². The summed E-state index contributed by atoms with van der Waals surface area (Å²) in [5.41, 5.74) is 9.41. The number of nitrogens with two attached hydrogens (primary N) is 1. The van der Waals surface area contributed by atoms with Crippen molar-refractivity contribution in [3.63, 3.8) is 0 Å². The molecule has 0 unspecified atom stereocenters. The molecule has 0 fully saturated rings. The predicted molar refractivity (Wildman–Crippen MR) is 65.6 cm³/mol. The third-order valence-corrected chi connectivity index (χ3v) is 2.72. The van der Waals surface area contributed by atoms with Gasteiger partial charge in [-0.2, -0.15) is 5.10 Å². The van der Waals surface area contributed by atoms with Crippen molar-refractivity contribution in [1.29, 1.82) is 0 Å². The number of benzene rings is 1. The molecule has 17 heavy (non-hydrogen) atoms. The van der Waals surface area contributed by atoms with E-state index in [2.05, 4.69) is 5.10 Å². The van der Waals surface area contributed by atoms with Crippen molar-refractivity contribution in [2.75, 3.05) is 0 Å². The fourth-order valence-electron chi connectivity index (χ4n) is 1.96. The van der Waals surface area contributed by atoms with Crippen LogP contribution >= 0.6 is 0 Å². The fraction of sp³-hybridized carbons (Fsp3) is 0.308. The van der Waals surface area contributed by atoms with Crippen molar-refractivity contribution in [1.82, 2.24) is 9.78 Å². The number of nitrogens with zero attached hydrogens (tertiary/aromatic N) is 2. The van der Waals surface area contributed by atoms with E-state index in [-0.39, 0.29) is 11.9 Å². The fourth-order valence-corrected chi connectivity index (χ4v) is 1.96. The van der Waals surface area contributed by atoms with Crippen LogP contribution in [0.5, 0.6) is 0 Å². The van der Waals surface area contributed by atoms with E-state index >= 15 is 0 Å². The molecule has 0 bridgehead atoms. The highest BCUT2D eigenvalue weighted by Gasteiger charge is 2.12. The van der Waals surface area contributed by atoms with Crippen LogP contribution < -0.4 is 5.73 Å². The van der Waals surface area contributed by atoms with Gasteiger partial charge >= 0.3 is 0 Å². The van der Waals surface area contributed by atoms with Gasteiger partial charge in [0.1, 0.15) is 5.82 Å². The quantitative estimate of drug-likeness (QED) is 0.866. The first-order valence-electron chi connectivity index (χ1n) is 5.57. The van der Waals surface area contributed by atoms with Crippen LogP contribution in [0.25, 0.3) is 5.69 Å². The van der Waals surface area contributed by atoms with Crippen molar-refractivity contribution < 1.29 is 4.39 Å². The molecule has 1 aromatic heterocycles. The smallest absolute Gasteiger partial charge is 0.123 e. The predicted octanol–water partition coefficient (Wildman–Crippen LogP) is 2.65. The maximum Gasteiger partial charge on any atom is 0.123 e. The molecule has 2 N–H and O–H groups in total. The van der Waals surface area contributed by atoms with Crippen molar-refractivity contribution in [2.24, 2.45) is 5.73 Å². The first kappa shape index (κ1) is 11.8. The van der Waals surface area contributed by atoms with Gasteiger partial charge in [0.15, 0.2) is 0 Å². The molecule has 0 aliphatic carbocycles. The lowest BCUT2D eigenvalue weighted by atomic mass is 10.1. The van der Waals surface area contributed by atoms with Crippen molar-refractivity contribution in [3.05, 3.63) is 47.0 Å². The normalized spacial score (nSPS) is 12.8. The molecule has 3 nitrogen and oxygen atoms in total. The summed E-state index contributed by atoms with van der Waals surface area (Å²) in [6, 6.07) is 6.36. The molecular weight excluding hydrogens is 217 g/mol. The first-order valence-corrected chi connectivity index (χ1v) is 5.57. The number of hydrogen-bond acceptors (Lipinski definition) is 2. The third-order valence-electron chi connectivity index (χ3n) is 2.72. The van der Waals surface area contributed by atoms with Gasteiger partial charge in [0, 0.05) is 11.7 Å². The van der Waals surface area contributed by atoms with Gasteiger partial charge in [-0.25, -0.2) is 9.07 Å². The summed E-state index contributed by atoms with van der Waals surface area (Å²) in [5.74, 6) is -0.275. The SMILES string of the molecule is Cc1cc(C)n(-c2ccc(F)cc2[C@H](C)N)n1. The lowest BCUT2D eigenvalue weighted by Gasteiger charge is -2.14. The minimum Gasteiger partial charge on any atom is -0.324 e. The average molecular weight is 233 g/mol. The Kier molecular flexibility index (Phi) is 2.98. The molecule has 0 saturated carbocycles. The van der Waals surface area contributed by atoms with E-state index in [1.165, 1.54) is 12.1 Å². The number of rotatable bonds is 2. The van der Waals surface area contributed by atoms with Crippen LogP contribution in [-0.4, -0.2) is 9.78 Å². The second-order valence-electron chi connectivity index (χ2n) is 4.33. The van der Waals surface area contributed by atoms with Crippen molar-refractivity contribution in [2.45, 2.75) is 26.8 Å². The number of aromatic nitrogens is 2. The molecule has 0 amide bonds. The molecule has 2 rings (SSSR count). The maximum absolute atomic E-state index is 13.2. The second-order valence-corrected chi connectivity index (χ2v) is 4.33. The van der Waals surface area contributed by atoms with Crippen molar-refractivity contribution in [3.8, 4) is 5.69 Å². The maximum atomic E-state index is 13.2. The molecule has 0 radical (unpaired) electrons. The number of aryl methyl sites for hydroxylation is 2. The summed E-state index contributed by atoms with van der Waals surface area (Å²) in [7, 11) is 0. The van der Waals surface area contributed by atoms with Crippen LogP contribution in [0.2, 0.25) is 0 Å². The summed E-state index contributed by atoms with van der Waals surface area (Å²) >= 11 is 0. The van der Waals surface area contributed by atoms with Gasteiger partial charge in [-0.05, 0) is 50.6 Å². The zero-order valence-electron chi connectivity index (χ0n) is 10.2. The van der Waals surface area contributed by atoms with Crippen LogP contribution in [0.3, 0.4) is 0 Å². The largest absolute Gasteiger partial charge is 0.324 e. The Balaban J connectivity index is 2.62. The monoisotopic (exact) mass is 233 g/mol. The zero-order chi connectivity index (χ0) is 12.6. The van der Waals surface area contributed by atoms with Gasteiger partial charge in [-0.3, -0.25) is 0 Å². The molecule has 2 aromatic rings. The molecule has 0 aliphatic heterocycles. The summed E-state index contributed by atoms with van der Waals surface area (Å²) in [4.78, 5) is 0. The summed E-state index contributed by atoms with van der Waals surface area (Å²) in [6.45, 7) is 5.73. The van der Waals surface area contributed by atoms with E-state index in [0.717, 1.165) is 22.6 Å². The van der Waals surface area contributed by atoms with Crippen LogP contribution in [0.15, 0.2) is 24.3 Å². The van der Waals surface area contributed by atoms with E-state index < -0.39 is 0 Å². The topological polar surface area (TPSA) is 43.8 Å². The van der Waals surface area contributed by atoms with E-state index in [9.17, 15) is 4.39 Å². The van der Waals surface area contributed by atoms with Crippen LogP contribution in [0.1, 0.15) is 29.9 Å². The standard InChI is InChI=1S/C13H16FN3/c1-8-6-9(2)17(16-8)13-5-4-11(14)7-12(13)10(3)15/h4-7,10H,15H2,1-3H3/t10-/m0/s1. The summed E-state index contributed by atoms with van der Waals surface area (Å²) in [5, 5.41) is 4.39. The third kappa shape index (κ3) is 2.22. The molecule has 1 aromatic carbocycles. The Morgan fingerprint density at radius 3 is 2.53 bits per heavy atom. The summed E-state index contributed by atoms with van der Waals surface area (Å²) < 4.78 is 15.0. The van der Waals surface area contributed by atoms with Gasteiger partial charge in [-0.15, -0.1) is 0 Å². The highest BCUT2D eigenvalue weighted by molar-refractivity contribution is 5.43. The van der Waals surface area contributed by atoms with Gasteiger partial charge in [0.25, 0.3) is 0 Å². The minimum absolute atomic E-state index is 0.232. The first-order chi connectivity index (χ1) is 7.99. The Hall–Kier alpha value is -1.68. The highest BCUT2D eigenvalue weighted by Crippen LogP contribution is 2.22. The summed E-state index contributed by atoms with van der Waals surface area (Å²) in [6.07, 6.45) is 0. The van der Waals surface area contributed by atoms with Crippen LogP contribution in [0.4, 0.5) is 4.39 Å². The molecule has 1 atom stereocenters. The van der Waals surface area contributed by atoms with Gasteiger partial charge in [-0.1, -0.05) is 0 Å². The molecule has 1 heterocycles. The number of halogens is 1. The highest BCUT2D eigenvalue weighted by atomic mass is 19.1. The Bertz CT molecular complexity index is 544. The van der Waals surface area contributed by atoms with Crippen LogP contribution in [-0.2, 0) is 0 Å². The average Bonchev–Trinajstić information content (AvgIpc) is 2.57. The molecule has 4 heteroatoms. The van der Waals surface area contributed by atoms with Gasteiger partial charge in [0.2, 0.25) is 0 Å².